The van der Waals surface area contributed by atoms with Crippen LogP contribution in [0.4, 0.5) is 0 Å². The second kappa shape index (κ2) is 7.55. The number of carbonyl (C=O) groups excluding carboxylic acids is 1. The van der Waals surface area contributed by atoms with E-state index in [0.717, 1.165) is 25.9 Å². The van der Waals surface area contributed by atoms with Crippen LogP contribution in [0.5, 0.6) is 0 Å². The van der Waals surface area contributed by atoms with Crippen molar-refractivity contribution < 1.29 is 9.53 Å². The zero-order valence-corrected chi connectivity index (χ0v) is 11.9. The predicted octanol–water partition coefficient (Wildman–Crippen LogP) is 4.17. The van der Waals surface area contributed by atoms with Gasteiger partial charge in [0.15, 0.2) is 0 Å². The number of unbranched alkanes of at least 4 members (excludes halogenated alkanes) is 1. The fourth-order valence-electron chi connectivity index (χ4n) is 1.63. The molecule has 0 aliphatic rings. The summed E-state index contributed by atoms with van der Waals surface area (Å²) in [6, 6.07) is 10.1. The van der Waals surface area contributed by atoms with Crippen LogP contribution in [-0.2, 0) is 16.1 Å². The first-order chi connectivity index (χ1) is 8.52. The molecular formula is C15H21ClO2. The van der Waals surface area contributed by atoms with Gasteiger partial charge in [0.1, 0.15) is 0 Å². The number of hydrogen-bond acceptors (Lipinski definition) is 2. The van der Waals surface area contributed by atoms with E-state index in [1.165, 1.54) is 5.56 Å². The molecule has 0 saturated carbocycles. The molecule has 1 aromatic rings. The van der Waals surface area contributed by atoms with Gasteiger partial charge in [0, 0.05) is 12.0 Å². The molecule has 0 N–H and O–H groups in total. The van der Waals surface area contributed by atoms with Crippen molar-refractivity contribution in [2.75, 3.05) is 6.61 Å². The third-order valence-electron chi connectivity index (χ3n) is 2.98. The molecule has 0 aliphatic heterocycles. The largest absolute Gasteiger partial charge is 0.377 e. The molecule has 0 aromatic heterocycles. The van der Waals surface area contributed by atoms with Crippen LogP contribution < -0.4 is 0 Å². The van der Waals surface area contributed by atoms with Gasteiger partial charge >= 0.3 is 0 Å². The second-order valence-corrected chi connectivity index (χ2v) is 5.50. The summed E-state index contributed by atoms with van der Waals surface area (Å²) in [5, 5.41) is -0.257. The van der Waals surface area contributed by atoms with Crippen molar-refractivity contribution in [1.82, 2.24) is 0 Å². The van der Waals surface area contributed by atoms with Gasteiger partial charge in [-0.15, -0.1) is 0 Å². The SMILES string of the molecule is CC(C)(CCCCOCc1ccccc1)C(=O)Cl. The van der Waals surface area contributed by atoms with Gasteiger partial charge in [-0.25, -0.2) is 0 Å². The highest BCUT2D eigenvalue weighted by molar-refractivity contribution is 6.64. The van der Waals surface area contributed by atoms with E-state index in [9.17, 15) is 4.79 Å². The monoisotopic (exact) mass is 268 g/mol. The normalized spacial score (nSPS) is 11.5. The third-order valence-corrected chi connectivity index (χ3v) is 3.50. The van der Waals surface area contributed by atoms with Gasteiger partial charge in [0.25, 0.3) is 0 Å². The highest BCUT2D eigenvalue weighted by atomic mass is 35.5. The summed E-state index contributed by atoms with van der Waals surface area (Å²) < 4.78 is 5.58. The lowest BCUT2D eigenvalue weighted by molar-refractivity contribution is -0.119. The minimum Gasteiger partial charge on any atom is -0.377 e. The lowest BCUT2D eigenvalue weighted by Crippen LogP contribution is -2.19. The van der Waals surface area contributed by atoms with Gasteiger partial charge in [-0.1, -0.05) is 50.6 Å². The number of rotatable bonds is 8. The van der Waals surface area contributed by atoms with Crippen molar-refractivity contribution in [2.45, 2.75) is 39.7 Å². The molecule has 18 heavy (non-hydrogen) atoms. The second-order valence-electron chi connectivity index (χ2n) is 5.15. The molecule has 0 heterocycles. The molecule has 0 radical (unpaired) electrons. The molecule has 2 nitrogen and oxygen atoms in total. The Kier molecular flexibility index (Phi) is 6.37. The molecule has 0 spiro atoms. The van der Waals surface area contributed by atoms with Crippen LogP contribution in [0, 0.1) is 5.41 Å². The van der Waals surface area contributed by atoms with Crippen LogP contribution in [0.25, 0.3) is 0 Å². The fraction of sp³-hybridized carbons (Fsp3) is 0.533. The van der Waals surface area contributed by atoms with Gasteiger partial charge in [-0.05, 0) is 30.0 Å². The summed E-state index contributed by atoms with van der Waals surface area (Å²) >= 11 is 5.52. The van der Waals surface area contributed by atoms with Crippen LogP contribution in [0.3, 0.4) is 0 Å². The summed E-state index contributed by atoms with van der Waals surface area (Å²) in [4.78, 5) is 11.1. The minimum atomic E-state index is -0.416. The predicted molar refractivity (Wildman–Crippen MR) is 74.6 cm³/mol. The highest BCUT2D eigenvalue weighted by Gasteiger charge is 2.24. The van der Waals surface area contributed by atoms with Crippen LogP contribution in [0.2, 0.25) is 0 Å². The first-order valence-corrected chi connectivity index (χ1v) is 6.72. The molecule has 0 bridgehead atoms. The van der Waals surface area contributed by atoms with Gasteiger partial charge in [0.2, 0.25) is 5.24 Å². The topological polar surface area (TPSA) is 26.3 Å². The van der Waals surface area contributed by atoms with Crippen molar-refractivity contribution in [1.29, 1.82) is 0 Å². The summed E-state index contributed by atoms with van der Waals surface area (Å²) in [7, 11) is 0. The van der Waals surface area contributed by atoms with E-state index in [1.54, 1.807) is 0 Å². The summed E-state index contributed by atoms with van der Waals surface area (Å²) in [6.07, 6.45) is 2.73. The van der Waals surface area contributed by atoms with Gasteiger partial charge in [-0.2, -0.15) is 0 Å². The molecule has 1 rings (SSSR count). The average Bonchev–Trinajstić information content (AvgIpc) is 2.34. The van der Waals surface area contributed by atoms with Crippen molar-refractivity contribution in [3.63, 3.8) is 0 Å². The molecule has 0 aliphatic carbocycles. The van der Waals surface area contributed by atoms with Crippen LogP contribution in [0.15, 0.2) is 30.3 Å². The third kappa shape index (κ3) is 5.65. The molecule has 1 aromatic carbocycles. The Morgan fingerprint density at radius 3 is 2.50 bits per heavy atom. The zero-order valence-electron chi connectivity index (χ0n) is 11.1. The molecule has 100 valence electrons. The van der Waals surface area contributed by atoms with Gasteiger partial charge in [-0.3, -0.25) is 4.79 Å². The van der Waals surface area contributed by atoms with Crippen molar-refractivity contribution >= 4 is 16.8 Å². The van der Waals surface area contributed by atoms with Crippen LogP contribution >= 0.6 is 11.6 Å². The summed E-state index contributed by atoms with van der Waals surface area (Å²) in [5.74, 6) is 0. The smallest absolute Gasteiger partial charge is 0.227 e. The molecule has 0 saturated heterocycles. The molecule has 3 heteroatoms. The number of carbonyl (C=O) groups is 1. The lowest BCUT2D eigenvalue weighted by atomic mass is 9.89. The van der Waals surface area contributed by atoms with Crippen molar-refractivity contribution in [3.8, 4) is 0 Å². The number of halogens is 1. The molecule has 0 unspecified atom stereocenters. The van der Waals surface area contributed by atoms with E-state index < -0.39 is 5.41 Å². The van der Waals surface area contributed by atoms with Gasteiger partial charge < -0.3 is 4.74 Å². The van der Waals surface area contributed by atoms with Crippen molar-refractivity contribution in [2.24, 2.45) is 5.41 Å². The Morgan fingerprint density at radius 2 is 1.89 bits per heavy atom. The Labute approximate surface area is 114 Å². The number of hydrogen-bond donors (Lipinski definition) is 0. The van der Waals surface area contributed by atoms with Crippen molar-refractivity contribution in [3.05, 3.63) is 35.9 Å². The van der Waals surface area contributed by atoms with Gasteiger partial charge in [0.05, 0.1) is 6.61 Å². The standard InChI is InChI=1S/C15H21ClO2/c1-15(2,14(16)17)10-6-7-11-18-12-13-8-4-3-5-9-13/h3-5,8-9H,6-7,10-12H2,1-2H3. The molecule has 0 fully saturated rings. The quantitative estimate of drug-likeness (QED) is 0.523. The Morgan fingerprint density at radius 1 is 1.22 bits per heavy atom. The Bertz CT molecular complexity index is 360. The van der Waals surface area contributed by atoms with E-state index in [1.807, 2.05) is 32.0 Å². The highest BCUT2D eigenvalue weighted by Crippen LogP contribution is 2.26. The molecular weight excluding hydrogens is 248 g/mol. The fourth-order valence-corrected chi connectivity index (χ4v) is 1.73. The first-order valence-electron chi connectivity index (χ1n) is 6.34. The molecule has 0 atom stereocenters. The number of ether oxygens (including phenoxy) is 1. The van der Waals surface area contributed by atoms with E-state index in [0.29, 0.717) is 6.61 Å². The van der Waals surface area contributed by atoms with E-state index in [2.05, 4.69) is 12.1 Å². The zero-order chi connectivity index (χ0) is 13.4. The minimum absolute atomic E-state index is 0.257. The van der Waals surface area contributed by atoms with E-state index in [4.69, 9.17) is 16.3 Å². The Hall–Kier alpha value is -0.860. The average molecular weight is 269 g/mol. The van der Waals surface area contributed by atoms with Crippen LogP contribution in [0.1, 0.15) is 38.7 Å². The number of benzene rings is 1. The van der Waals surface area contributed by atoms with E-state index >= 15 is 0 Å². The van der Waals surface area contributed by atoms with Crippen LogP contribution in [-0.4, -0.2) is 11.8 Å². The lowest BCUT2D eigenvalue weighted by Gasteiger charge is -2.18. The first kappa shape index (κ1) is 15.2. The molecule has 0 amide bonds. The maximum absolute atomic E-state index is 11.1. The maximum atomic E-state index is 11.1. The summed E-state index contributed by atoms with van der Waals surface area (Å²) in [5.41, 5.74) is 0.773. The summed E-state index contributed by atoms with van der Waals surface area (Å²) in [6.45, 7) is 5.14. The maximum Gasteiger partial charge on any atom is 0.227 e. The van der Waals surface area contributed by atoms with E-state index in [-0.39, 0.29) is 5.24 Å². The Balaban J connectivity index is 2.08.